The molecule has 3 aromatic carbocycles. The van der Waals surface area contributed by atoms with Crippen LogP contribution in [0.15, 0.2) is 54.6 Å². The fraction of sp³-hybridized carbons (Fsp3) is 0.0526. The molecule has 0 aromatic heterocycles. The fourth-order valence-corrected chi connectivity index (χ4v) is 5.47. The van der Waals surface area contributed by atoms with Crippen molar-refractivity contribution >= 4 is 56.5 Å². The smallest absolute Gasteiger partial charge is 0.283 e. The Kier molecular flexibility index (Phi) is 5.98. The van der Waals surface area contributed by atoms with E-state index in [-0.39, 0.29) is 48.3 Å². The van der Waals surface area contributed by atoms with Crippen LogP contribution in [0.1, 0.15) is 16.7 Å². The fourth-order valence-electron chi connectivity index (χ4n) is 3.21. The van der Waals surface area contributed by atoms with Gasteiger partial charge in [0.2, 0.25) is 0 Å². The average Bonchev–Trinajstić information content (AvgIpc) is 2.58. The van der Waals surface area contributed by atoms with Crippen LogP contribution in [0.3, 0.4) is 0 Å². The minimum Gasteiger partial charge on any atom is -0.508 e. The molecule has 29 heavy (non-hydrogen) atoms. The standard InChI is InChI=1S/C19H12Cl4O5S/c20-12-4-11(6-14(25)7-12)19(29(26,27)28,10-2-1-3-13(24)5-10)15-8-17(22)18(23)9-16(15)21/h1-9,24-25H,(H,26,27,28). The maximum absolute atomic E-state index is 13.0. The summed E-state index contributed by atoms with van der Waals surface area (Å²) < 4.78 is 34.0. The van der Waals surface area contributed by atoms with Crippen molar-refractivity contribution in [2.24, 2.45) is 0 Å². The molecule has 1 atom stereocenters. The monoisotopic (exact) mass is 492 g/mol. The van der Waals surface area contributed by atoms with E-state index >= 15 is 0 Å². The van der Waals surface area contributed by atoms with E-state index in [1.54, 1.807) is 0 Å². The first-order chi connectivity index (χ1) is 13.5. The number of phenols is 2. The molecule has 0 aliphatic heterocycles. The van der Waals surface area contributed by atoms with Crippen molar-refractivity contribution in [1.82, 2.24) is 0 Å². The number of hydrogen-bond acceptors (Lipinski definition) is 4. The second-order valence-corrected chi connectivity index (χ2v) is 9.37. The minimum atomic E-state index is -5.06. The third-order valence-electron chi connectivity index (χ3n) is 4.32. The summed E-state index contributed by atoms with van der Waals surface area (Å²) in [5, 5.41) is 20.0. The second-order valence-electron chi connectivity index (χ2n) is 6.15. The molecule has 1 unspecified atom stereocenters. The molecule has 0 spiro atoms. The van der Waals surface area contributed by atoms with Gasteiger partial charge in [-0.2, -0.15) is 8.42 Å². The van der Waals surface area contributed by atoms with E-state index in [9.17, 15) is 23.2 Å². The van der Waals surface area contributed by atoms with Crippen molar-refractivity contribution in [2.45, 2.75) is 4.75 Å². The van der Waals surface area contributed by atoms with Crippen LogP contribution < -0.4 is 0 Å². The summed E-state index contributed by atoms with van der Waals surface area (Å²) in [5.41, 5.74) is -0.346. The van der Waals surface area contributed by atoms with E-state index in [1.807, 2.05) is 0 Å². The zero-order valence-electron chi connectivity index (χ0n) is 14.3. The Labute approximate surface area is 186 Å². The van der Waals surface area contributed by atoms with Gasteiger partial charge in [0.05, 0.1) is 10.0 Å². The van der Waals surface area contributed by atoms with Gasteiger partial charge in [-0.1, -0.05) is 58.5 Å². The molecule has 5 nitrogen and oxygen atoms in total. The first-order valence-electron chi connectivity index (χ1n) is 7.88. The van der Waals surface area contributed by atoms with Gasteiger partial charge in [0.1, 0.15) is 11.5 Å². The average molecular weight is 494 g/mol. The normalized spacial score (nSPS) is 13.8. The Morgan fingerprint density at radius 2 is 1.34 bits per heavy atom. The Hall–Kier alpha value is -1.67. The van der Waals surface area contributed by atoms with Crippen LogP contribution >= 0.6 is 46.4 Å². The lowest BCUT2D eigenvalue weighted by atomic mass is 9.83. The highest BCUT2D eigenvalue weighted by atomic mass is 35.5. The van der Waals surface area contributed by atoms with E-state index < -0.39 is 14.9 Å². The quantitative estimate of drug-likeness (QED) is 0.239. The predicted molar refractivity (Wildman–Crippen MR) is 114 cm³/mol. The van der Waals surface area contributed by atoms with Crippen LogP contribution in [0, 0.1) is 0 Å². The predicted octanol–water partition coefficient (Wildman–Crippen LogP) is 5.89. The maximum Gasteiger partial charge on any atom is 0.283 e. The summed E-state index contributed by atoms with van der Waals surface area (Å²) in [6, 6.07) is 11.2. The van der Waals surface area contributed by atoms with Crippen LogP contribution in [-0.2, 0) is 14.9 Å². The van der Waals surface area contributed by atoms with Crippen molar-refractivity contribution in [3.05, 3.63) is 91.4 Å². The van der Waals surface area contributed by atoms with E-state index in [0.29, 0.717) is 0 Å². The number of halogens is 4. The van der Waals surface area contributed by atoms with Gasteiger partial charge in [0.15, 0.2) is 4.75 Å². The molecule has 0 radical (unpaired) electrons. The molecule has 0 amide bonds. The van der Waals surface area contributed by atoms with Crippen LogP contribution in [0.25, 0.3) is 0 Å². The zero-order valence-corrected chi connectivity index (χ0v) is 18.1. The molecule has 3 N–H and O–H groups in total. The lowest BCUT2D eigenvalue weighted by molar-refractivity contribution is 0.455. The minimum absolute atomic E-state index is 0.00404. The molecule has 0 bridgehead atoms. The molecule has 0 saturated carbocycles. The molecule has 10 heteroatoms. The largest absolute Gasteiger partial charge is 0.508 e. The number of benzene rings is 3. The zero-order chi connectivity index (χ0) is 21.6. The van der Waals surface area contributed by atoms with E-state index in [1.165, 1.54) is 42.5 Å². The number of hydrogen-bond donors (Lipinski definition) is 3. The summed E-state index contributed by atoms with van der Waals surface area (Å²) in [5.74, 6) is -0.616. The van der Waals surface area contributed by atoms with Gasteiger partial charge in [-0.25, -0.2) is 0 Å². The maximum atomic E-state index is 13.0. The van der Waals surface area contributed by atoms with Gasteiger partial charge in [-0.3, -0.25) is 4.55 Å². The molecular weight excluding hydrogens is 482 g/mol. The molecule has 3 aromatic rings. The number of phenolic OH excluding ortho intramolecular Hbond substituents is 2. The molecule has 0 saturated heterocycles. The van der Waals surface area contributed by atoms with Gasteiger partial charge in [0.25, 0.3) is 10.1 Å². The van der Waals surface area contributed by atoms with Gasteiger partial charge >= 0.3 is 0 Å². The van der Waals surface area contributed by atoms with Crippen molar-refractivity contribution in [3.63, 3.8) is 0 Å². The summed E-state index contributed by atoms with van der Waals surface area (Å²) >= 11 is 24.5. The van der Waals surface area contributed by atoms with E-state index in [2.05, 4.69) is 0 Å². The third-order valence-corrected chi connectivity index (χ3v) is 7.04. The van der Waals surface area contributed by atoms with Gasteiger partial charge in [-0.15, -0.1) is 0 Å². The highest BCUT2D eigenvalue weighted by Crippen LogP contribution is 2.49. The summed E-state index contributed by atoms with van der Waals surface area (Å²) in [6.07, 6.45) is 0. The van der Waals surface area contributed by atoms with E-state index in [0.717, 1.165) is 12.1 Å². The number of rotatable bonds is 4. The summed E-state index contributed by atoms with van der Waals surface area (Å²) in [7, 11) is -5.06. The Morgan fingerprint density at radius 3 is 1.93 bits per heavy atom. The Bertz CT molecular complexity index is 1190. The first-order valence-corrected chi connectivity index (χ1v) is 10.8. The summed E-state index contributed by atoms with van der Waals surface area (Å²) in [4.78, 5) is 0. The molecular formula is C19H12Cl4O5S. The van der Waals surface area contributed by atoms with Gasteiger partial charge in [-0.05, 0) is 53.6 Å². The van der Waals surface area contributed by atoms with Crippen LogP contribution in [-0.4, -0.2) is 23.2 Å². The molecule has 0 aliphatic carbocycles. The van der Waals surface area contributed by atoms with Crippen molar-refractivity contribution in [2.75, 3.05) is 0 Å². The lowest BCUT2D eigenvalue weighted by Gasteiger charge is -2.33. The van der Waals surface area contributed by atoms with Crippen LogP contribution in [0.4, 0.5) is 0 Å². The summed E-state index contributed by atoms with van der Waals surface area (Å²) in [6.45, 7) is 0. The molecule has 0 aliphatic rings. The van der Waals surface area contributed by atoms with Crippen molar-refractivity contribution in [1.29, 1.82) is 0 Å². The molecule has 3 rings (SSSR count). The third kappa shape index (κ3) is 3.89. The van der Waals surface area contributed by atoms with Gasteiger partial charge in [0, 0.05) is 15.6 Å². The second kappa shape index (κ2) is 7.87. The molecule has 0 fully saturated rings. The van der Waals surface area contributed by atoms with Crippen molar-refractivity contribution < 1.29 is 23.2 Å². The lowest BCUT2D eigenvalue weighted by Crippen LogP contribution is -2.38. The Balaban J connectivity index is 2.60. The van der Waals surface area contributed by atoms with Gasteiger partial charge < -0.3 is 10.2 Å². The van der Waals surface area contributed by atoms with E-state index in [4.69, 9.17) is 46.4 Å². The van der Waals surface area contributed by atoms with Crippen molar-refractivity contribution in [3.8, 4) is 11.5 Å². The SMILES string of the molecule is O=S(=O)(O)C(c1cccc(O)c1)(c1cc(O)cc(Cl)c1)c1cc(Cl)c(Cl)cc1Cl. The number of aromatic hydroxyl groups is 2. The Morgan fingerprint density at radius 1 is 0.724 bits per heavy atom. The topological polar surface area (TPSA) is 94.8 Å². The highest BCUT2D eigenvalue weighted by molar-refractivity contribution is 7.87. The highest BCUT2D eigenvalue weighted by Gasteiger charge is 2.50. The molecule has 152 valence electrons. The molecule has 0 heterocycles. The van der Waals surface area contributed by atoms with Crippen LogP contribution in [0.5, 0.6) is 11.5 Å². The first kappa shape index (κ1) is 22.0. The van der Waals surface area contributed by atoms with Crippen LogP contribution in [0.2, 0.25) is 20.1 Å².